The number of anilines is 1. The van der Waals surface area contributed by atoms with Gasteiger partial charge in [0.15, 0.2) is 0 Å². The molecule has 1 heterocycles. The number of carbonyl (C=O) groups excluding carboxylic acids is 2. The van der Waals surface area contributed by atoms with E-state index in [-0.39, 0.29) is 11.9 Å². The predicted octanol–water partition coefficient (Wildman–Crippen LogP) is 3.90. The van der Waals surface area contributed by atoms with Gasteiger partial charge in [0.1, 0.15) is 5.75 Å². The number of hydrogen-bond acceptors (Lipinski definition) is 3. The van der Waals surface area contributed by atoms with Crippen molar-refractivity contribution in [2.75, 3.05) is 32.6 Å². The van der Waals surface area contributed by atoms with Crippen LogP contribution in [0.25, 0.3) is 0 Å². The second-order valence-corrected chi connectivity index (χ2v) is 7.13. The number of urea groups is 1. The lowest BCUT2D eigenvalue weighted by Gasteiger charge is -2.21. The van der Waals surface area contributed by atoms with Crippen molar-refractivity contribution in [1.82, 2.24) is 9.80 Å². The first-order valence-electron chi connectivity index (χ1n) is 9.53. The van der Waals surface area contributed by atoms with E-state index in [2.05, 4.69) is 5.32 Å². The van der Waals surface area contributed by atoms with E-state index in [9.17, 15) is 9.59 Å². The Balaban J connectivity index is 1.74. The quantitative estimate of drug-likeness (QED) is 0.854. The molecule has 3 amide bonds. The second kappa shape index (κ2) is 8.78. The maximum atomic E-state index is 12.7. The van der Waals surface area contributed by atoms with Gasteiger partial charge in [-0.15, -0.1) is 0 Å². The first kappa shape index (κ1) is 19.7. The van der Waals surface area contributed by atoms with E-state index in [1.54, 1.807) is 37.3 Å². The van der Waals surface area contributed by atoms with Gasteiger partial charge < -0.3 is 19.9 Å². The predicted molar refractivity (Wildman–Crippen MR) is 110 cm³/mol. The third-order valence-corrected chi connectivity index (χ3v) is 5.10. The minimum atomic E-state index is -0.257. The minimum Gasteiger partial charge on any atom is -0.495 e. The molecule has 0 radical (unpaired) electrons. The zero-order valence-electron chi connectivity index (χ0n) is 16.7. The van der Waals surface area contributed by atoms with E-state index in [1.807, 2.05) is 36.1 Å². The number of carbonyl (C=O) groups is 2. The standard InChI is InChI=1S/C22H27N3O3/c1-16-8-4-5-9-18(16)15-24(2)22(27)23-19-14-17(10-11-20(19)28-3)21(26)25-12-6-7-13-25/h4-5,8-11,14H,6-7,12-13,15H2,1-3H3,(H,23,27). The number of hydrogen-bond donors (Lipinski definition) is 1. The lowest BCUT2D eigenvalue weighted by Crippen LogP contribution is -2.31. The Labute approximate surface area is 166 Å². The van der Waals surface area contributed by atoms with Crippen LogP contribution in [0, 0.1) is 6.92 Å². The molecule has 6 nitrogen and oxygen atoms in total. The number of benzene rings is 2. The van der Waals surface area contributed by atoms with Crippen molar-refractivity contribution in [1.29, 1.82) is 0 Å². The van der Waals surface area contributed by atoms with Crippen LogP contribution in [0.4, 0.5) is 10.5 Å². The molecule has 0 aliphatic carbocycles. The van der Waals surface area contributed by atoms with Crippen LogP contribution in [0.15, 0.2) is 42.5 Å². The first-order chi connectivity index (χ1) is 13.5. The SMILES string of the molecule is COc1ccc(C(=O)N2CCCC2)cc1NC(=O)N(C)Cc1ccccc1C. The van der Waals surface area contributed by atoms with Crippen LogP contribution in [-0.4, -0.2) is 49.0 Å². The van der Waals surface area contributed by atoms with Crippen LogP contribution in [0.5, 0.6) is 5.75 Å². The maximum Gasteiger partial charge on any atom is 0.321 e. The van der Waals surface area contributed by atoms with Crippen molar-refractivity contribution < 1.29 is 14.3 Å². The molecule has 0 bridgehead atoms. The normalized spacial score (nSPS) is 13.3. The zero-order valence-corrected chi connectivity index (χ0v) is 16.7. The summed E-state index contributed by atoms with van der Waals surface area (Å²) in [5.74, 6) is 0.513. The fourth-order valence-corrected chi connectivity index (χ4v) is 3.37. The summed E-state index contributed by atoms with van der Waals surface area (Å²) in [5, 5.41) is 2.88. The third-order valence-electron chi connectivity index (χ3n) is 5.10. The van der Waals surface area contributed by atoms with E-state index in [4.69, 9.17) is 4.74 Å². The Bertz CT molecular complexity index is 860. The topological polar surface area (TPSA) is 61.9 Å². The lowest BCUT2D eigenvalue weighted by molar-refractivity contribution is 0.0793. The summed E-state index contributed by atoms with van der Waals surface area (Å²) in [4.78, 5) is 28.8. The van der Waals surface area contributed by atoms with Crippen molar-refractivity contribution in [3.63, 3.8) is 0 Å². The van der Waals surface area contributed by atoms with Gasteiger partial charge in [0.2, 0.25) is 0 Å². The smallest absolute Gasteiger partial charge is 0.321 e. The summed E-state index contributed by atoms with van der Waals surface area (Å²) < 4.78 is 5.37. The van der Waals surface area contributed by atoms with E-state index < -0.39 is 0 Å². The molecule has 0 spiro atoms. The highest BCUT2D eigenvalue weighted by atomic mass is 16.5. The van der Waals surface area contributed by atoms with Crippen LogP contribution in [-0.2, 0) is 6.54 Å². The van der Waals surface area contributed by atoms with E-state index in [0.29, 0.717) is 23.5 Å². The second-order valence-electron chi connectivity index (χ2n) is 7.13. The van der Waals surface area contributed by atoms with Crippen molar-refractivity contribution in [2.24, 2.45) is 0 Å². The Morgan fingerprint density at radius 3 is 2.54 bits per heavy atom. The average molecular weight is 381 g/mol. The van der Waals surface area contributed by atoms with E-state index in [0.717, 1.165) is 37.1 Å². The fraction of sp³-hybridized carbons (Fsp3) is 0.364. The molecule has 1 fully saturated rings. The van der Waals surface area contributed by atoms with E-state index >= 15 is 0 Å². The number of amides is 3. The number of ether oxygens (including phenoxy) is 1. The van der Waals surface area contributed by atoms with Gasteiger partial charge in [-0.25, -0.2) is 4.79 Å². The first-order valence-corrected chi connectivity index (χ1v) is 9.53. The third kappa shape index (κ3) is 4.44. The average Bonchev–Trinajstić information content (AvgIpc) is 3.24. The Kier molecular flexibility index (Phi) is 6.19. The molecule has 2 aromatic carbocycles. The molecule has 6 heteroatoms. The molecule has 1 N–H and O–H groups in total. The molecule has 28 heavy (non-hydrogen) atoms. The molecule has 1 saturated heterocycles. The van der Waals surface area contributed by atoms with Gasteiger partial charge in [-0.3, -0.25) is 4.79 Å². The molecule has 148 valence electrons. The van der Waals surface area contributed by atoms with Gasteiger partial charge in [-0.05, 0) is 49.1 Å². The minimum absolute atomic E-state index is 0.0103. The van der Waals surface area contributed by atoms with E-state index in [1.165, 1.54) is 0 Å². The van der Waals surface area contributed by atoms with Gasteiger partial charge in [0, 0.05) is 32.2 Å². The summed E-state index contributed by atoms with van der Waals surface area (Å²) in [7, 11) is 3.29. The number of nitrogens with zero attached hydrogens (tertiary/aromatic N) is 2. The molecule has 1 aliphatic heterocycles. The largest absolute Gasteiger partial charge is 0.495 e. The molecular weight excluding hydrogens is 354 g/mol. The monoisotopic (exact) mass is 381 g/mol. The lowest BCUT2D eigenvalue weighted by atomic mass is 10.1. The van der Waals surface area contributed by atoms with Gasteiger partial charge >= 0.3 is 6.03 Å². The maximum absolute atomic E-state index is 12.7. The molecule has 0 aromatic heterocycles. The highest BCUT2D eigenvalue weighted by Gasteiger charge is 2.21. The van der Waals surface area contributed by atoms with Crippen LogP contribution in [0.2, 0.25) is 0 Å². The number of rotatable bonds is 5. The van der Waals surface area contributed by atoms with Crippen LogP contribution in [0.1, 0.15) is 34.3 Å². The summed E-state index contributed by atoms with van der Waals surface area (Å²) in [6.45, 7) is 4.09. The number of nitrogens with one attached hydrogen (secondary N) is 1. The highest BCUT2D eigenvalue weighted by molar-refractivity contribution is 5.98. The summed E-state index contributed by atoms with van der Waals surface area (Å²) in [6, 6.07) is 12.9. The van der Waals surface area contributed by atoms with Gasteiger partial charge in [0.25, 0.3) is 5.91 Å². The summed E-state index contributed by atoms with van der Waals surface area (Å²) in [5.41, 5.74) is 3.27. The molecule has 1 aliphatic rings. The Morgan fingerprint density at radius 1 is 1.14 bits per heavy atom. The molecule has 0 unspecified atom stereocenters. The molecule has 0 saturated carbocycles. The van der Waals surface area contributed by atoms with Crippen LogP contribution < -0.4 is 10.1 Å². The summed E-state index contributed by atoms with van der Waals surface area (Å²) >= 11 is 0. The fourth-order valence-electron chi connectivity index (χ4n) is 3.37. The van der Waals surface area contributed by atoms with Crippen molar-refractivity contribution in [3.05, 3.63) is 59.2 Å². The Morgan fingerprint density at radius 2 is 1.86 bits per heavy atom. The molecule has 3 rings (SSSR count). The van der Waals surface area contributed by atoms with Gasteiger partial charge in [-0.1, -0.05) is 24.3 Å². The number of methoxy groups -OCH3 is 1. The van der Waals surface area contributed by atoms with Crippen molar-refractivity contribution in [2.45, 2.75) is 26.3 Å². The molecule has 0 atom stereocenters. The van der Waals surface area contributed by atoms with Gasteiger partial charge in [0.05, 0.1) is 12.8 Å². The van der Waals surface area contributed by atoms with Crippen LogP contribution >= 0.6 is 0 Å². The van der Waals surface area contributed by atoms with Crippen LogP contribution in [0.3, 0.4) is 0 Å². The Hall–Kier alpha value is -3.02. The zero-order chi connectivity index (χ0) is 20.1. The van der Waals surface area contributed by atoms with Crippen molar-refractivity contribution in [3.8, 4) is 5.75 Å². The number of aryl methyl sites for hydroxylation is 1. The number of likely N-dealkylation sites (tertiary alicyclic amines) is 1. The molecule has 2 aromatic rings. The summed E-state index contributed by atoms with van der Waals surface area (Å²) in [6.07, 6.45) is 2.07. The molecular formula is C22H27N3O3. The van der Waals surface area contributed by atoms with Gasteiger partial charge in [-0.2, -0.15) is 0 Å². The van der Waals surface area contributed by atoms with Crippen molar-refractivity contribution >= 4 is 17.6 Å². The highest BCUT2D eigenvalue weighted by Crippen LogP contribution is 2.27.